The van der Waals surface area contributed by atoms with E-state index in [0.717, 1.165) is 32.1 Å². The summed E-state index contributed by atoms with van der Waals surface area (Å²) in [5.41, 5.74) is 0.383. The standard InChI is InChI=1S/C16H20F3N3/c1-21-14-12(7-20)3-2-11(13(14)16(17,18)19)4-10-5-15(6-10)8-22-9-15/h2-3,7,10,20-22H,4-6,8-9H2,1H3. The fraction of sp³-hybridized carbons (Fsp3) is 0.562. The molecule has 6 heteroatoms. The van der Waals surface area contributed by atoms with Gasteiger partial charge in [0.05, 0.1) is 11.3 Å². The van der Waals surface area contributed by atoms with E-state index >= 15 is 0 Å². The van der Waals surface area contributed by atoms with Gasteiger partial charge in [0.25, 0.3) is 0 Å². The highest BCUT2D eigenvalue weighted by Crippen LogP contribution is 2.50. The predicted octanol–water partition coefficient (Wildman–Crippen LogP) is 3.29. The quantitative estimate of drug-likeness (QED) is 0.747. The van der Waals surface area contributed by atoms with Crippen LogP contribution in [0.2, 0.25) is 0 Å². The first-order chi connectivity index (χ1) is 10.4. The Morgan fingerprint density at radius 1 is 1.36 bits per heavy atom. The zero-order chi connectivity index (χ0) is 16.0. The summed E-state index contributed by atoms with van der Waals surface area (Å²) in [6.07, 6.45) is -0.962. The van der Waals surface area contributed by atoms with Gasteiger partial charge in [-0.2, -0.15) is 13.2 Å². The molecule has 1 spiro atoms. The fourth-order valence-electron chi connectivity index (χ4n) is 3.93. The van der Waals surface area contributed by atoms with Crippen molar-refractivity contribution < 1.29 is 13.2 Å². The van der Waals surface area contributed by atoms with E-state index in [-0.39, 0.29) is 11.3 Å². The minimum atomic E-state index is -4.41. The number of nitrogens with one attached hydrogen (secondary N) is 3. The van der Waals surface area contributed by atoms with Crippen LogP contribution in [-0.4, -0.2) is 26.4 Å². The maximum atomic E-state index is 13.5. The Labute approximate surface area is 127 Å². The third-order valence-electron chi connectivity index (χ3n) is 4.96. The maximum absolute atomic E-state index is 13.5. The first-order valence-corrected chi connectivity index (χ1v) is 7.50. The predicted molar refractivity (Wildman–Crippen MR) is 80.6 cm³/mol. The van der Waals surface area contributed by atoms with Crippen LogP contribution in [0.5, 0.6) is 0 Å². The molecule has 1 saturated carbocycles. The van der Waals surface area contributed by atoms with Crippen LogP contribution < -0.4 is 10.6 Å². The second-order valence-corrected chi connectivity index (χ2v) is 6.54. The largest absolute Gasteiger partial charge is 0.418 e. The molecule has 1 saturated heterocycles. The van der Waals surface area contributed by atoms with Gasteiger partial charge in [-0.25, -0.2) is 0 Å². The third kappa shape index (κ3) is 2.49. The Balaban J connectivity index is 1.88. The molecule has 120 valence electrons. The first kappa shape index (κ1) is 15.3. The molecule has 3 N–H and O–H groups in total. The molecule has 2 fully saturated rings. The van der Waals surface area contributed by atoms with E-state index in [9.17, 15) is 13.2 Å². The lowest BCUT2D eigenvalue weighted by Gasteiger charge is -2.54. The normalized spacial score (nSPS) is 20.4. The van der Waals surface area contributed by atoms with Crippen molar-refractivity contribution in [2.45, 2.75) is 25.4 Å². The summed E-state index contributed by atoms with van der Waals surface area (Å²) < 4.78 is 40.5. The van der Waals surface area contributed by atoms with Crippen LogP contribution in [0.15, 0.2) is 12.1 Å². The van der Waals surface area contributed by atoms with Crippen molar-refractivity contribution in [3.63, 3.8) is 0 Å². The van der Waals surface area contributed by atoms with Crippen molar-refractivity contribution in [1.29, 1.82) is 5.41 Å². The van der Waals surface area contributed by atoms with Crippen LogP contribution in [0.4, 0.5) is 18.9 Å². The van der Waals surface area contributed by atoms with Crippen LogP contribution >= 0.6 is 0 Å². The van der Waals surface area contributed by atoms with E-state index in [4.69, 9.17) is 5.41 Å². The van der Waals surface area contributed by atoms with Crippen molar-refractivity contribution in [2.24, 2.45) is 11.3 Å². The highest BCUT2D eigenvalue weighted by Gasteiger charge is 2.48. The fourth-order valence-corrected chi connectivity index (χ4v) is 3.93. The molecule has 3 nitrogen and oxygen atoms in total. The lowest BCUT2D eigenvalue weighted by Crippen LogP contribution is -2.60. The molecule has 1 aromatic carbocycles. The number of hydrogen-bond donors (Lipinski definition) is 3. The van der Waals surface area contributed by atoms with Crippen molar-refractivity contribution in [3.05, 3.63) is 28.8 Å². The summed E-state index contributed by atoms with van der Waals surface area (Å²) >= 11 is 0. The smallest absolute Gasteiger partial charge is 0.387 e. The molecule has 1 heterocycles. The third-order valence-corrected chi connectivity index (χ3v) is 4.96. The second-order valence-electron chi connectivity index (χ2n) is 6.54. The molecule has 0 unspecified atom stereocenters. The zero-order valence-corrected chi connectivity index (χ0v) is 12.5. The molecular formula is C16H20F3N3. The number of alkyl halides is 3. The van der Waals surface area contributed by atoms with Crippen molar-refractivity contribution in [1.82, 2.24) is 5.32 Å². The summed E-state index contributed by atoms with van der Waals surface area (Å²) in [6.45, 7) is 2.01. The topological polar surface area (TPSA) is 47.9 Å². The van der Waals surface area contributed by atoms with Gasteiger partial charge >= 0.3 is 6.18 Å². The number of rotatable bonds is 4. The van der Waals surface area contributed by atoms with Gasteiger partial charge < -0.3 is 16.0 Å². The lowest BCUT2D eigenvalue weighted by atomic mass is 9.57. The minimum absolute atomic E-state index is 0.0133. The first-order valence-electron chi connectivity index (χ1n) is 7.50. The summed E-state index contributed by atoms with van der Waals surface area (Å²) in [7, 11) is 1.47. The molecule has 0 radical (unpaired) electrons. The Bertz CT molecular complexity index is 583. The molecule has 0 atom stereocenters. The van der Waals surface area contributed by atoms with Crippen LogP contribution in [0.1, 0.15) is 29.5 Å². The highest BCUT2D eigenvalue weighted by molar-refractivity contribution is 5.87. The number of hydrogen-bond acceptors (Lipinski definition) is 3. The number of halogens is 3. The molecular weight excluding hydrogens is 291 g/mol. The molecule has 2 aliphatic rings. The monoisotopic (exact) mass is 311 g/mol. The van der Waals surface area contributed by atoms with Crippen molar-refractivity contribution in [2.75, 3.05) is 25.5 Å². The van der Waals surface area contributed by atoms with E-state index in [1.807, 2.05) is 0 Å². The van der Waals surface area contributed by atoms with E-state index in [1.54, 1.807) is 6.07 Å². The molecule has 0 amide bonds. The van der Waals surface area contributed by atoms with Gasteiger partial charge in [-0.1, -0.05) is 12.1 Å². The van der Waals surface area contributed by atoms with Gasteiger partial charge in [-0.3, -0.25) is 0 Å². The van der Waals surface area contributed by atoms with Crippen LogP contribution in [0.3, 0.4) is 0 Å². The van der Waals surface area contributed by atoms with Gasteiger partial charge in [0, 0.05) is 31.9 Å². The Morgan fingerprint density at radius 2 is 2.05 bits per heavy atom. The zero-order valence-electron chi connectivity index (χ0n) is 12.5. The Hall–Kier alpha value is -1.56. The average Bonchev–Trinajstić information content (AvgIpc) is 2.37. The molecule has 0 bridgehead atoms. The van der Waals surface area contributed by atoms with E-state index < -0.39 is 11.7 Å². The molecule has 1 aliphatic heterocycles. The van der Waals surface area contributed by atoms with Crippen molar-refractivity contribution in [3.8, 4) is 0 Å². The Kier molecular flexibility index (Phi) is 3.67. The lowest BCUT2D eigenvalue weighted by molar-refractivity contribution is -0.137. The summed E-state index contributed by atoms with van der Waals surface area (Å²) in [5, 5.41) is 13.2. The molecule has 1 aromatic rings. The van der Waals surface area contributed by atoms with E-state index in [0.29, 0.717) is 23.3 Å². The maximum Gasteiger partial charge on any atom is 0.418 e. The average molecular weight is 311 g/mol. The molecule has 3 rings (SSSR count). The number of benzene rings is 1. The Morgan fingerprint density at radius 3 is 2.50 bits per heavy atom. The van der Waals surface area contributed by atoms with Crippen LogP contribution in [0.25, 0.3) is 0 Å². The SMILES string of the molecule is CNc1c(C=N)ccc(CC2CC3(CNC3)C2)c1C(F)(F)F. The summed E-state index contributed by atoms with van der Waals surface area (Å²) in [5.74, 6) is 0.332. The van der Waals surface area contributed by atoms with Crippen LogP contribution in [-0.2, 0) is 12.6 Å². The van der Waals surface area contributed by atoms with Gasteiger partial charge in [0.1, 0.15) is 0 Å². The molecule has 22 heavy (non-hydrogen) atoms. The minimum Gasteiger partial charge on any atom is -0.387 e. The van der Waals surface area contributed by atoms with Crippen LogP contribution in [0, 0.1) is 16.7 Å². The van der Waals surface area contributed by atoms with Gasteiger partial charge in [-0.15, -0.1) is 0 Å². The summed E-state index contributed by atoms with van der Waals surface area (Å²) in [6, 6.07) is 3.14. The van der Waals surface area contributed by atoms with Gasteiger partial charge in [0.15, 0.2) is 0 Å². The highest BCUT2D eigenvalue weighted by atomic mass is 19.4. The van der Waals surface area contributed by atoms with Gasteiger partial charge in [-0.05, 0) is 36.2 Å². The summed E-state index contributed by atoms with van der Waals surface area (Å²) in [4.78, 5) is 0. The van der Waals surface area contributed by atoms with E-state index in [2.05, 4.69) is 10.6 Å². The van der Waals surface area contributed by atoms with E-state index in [1.165, 1.54) is 13.1 Å². The molecule has 0 aromatic heterocycles. The number of anilines is 1. The molecule has 1 aliphatic carbocycles. The second kappa shape index (κ2) is 5.26. The van der Waals surface area contributed by atoms with Crippen molar-refractivity contribution >= 4 is 11.9 Å². The van der Waals surface area contributed by atoms with Gasteiger partial charge in [0.2, 0.25) is 0 Å².